The largest absolute Gasteiger partial charge is 0.387 e. The molecular formula is C16H19N4O6. The maximum atomic E-state index is 10.8. The Hall–Kier alpha value is -2.37. The summed E-state index contributed by atoms with van der Waals surface area (Å²) in [5, 5.41) is 40.5. The van der Waals surface area contributed by atoms with Crippen LogP contribution in [0.25, 0.3) is 0 Å². The first-order valence-electron chi connectivity index (χ1n) is 7.86. The van der Waals surface area contributed by atoms with Crippen LogP contribution >= 0.6 is 0 Å². The number of hydrogen-bond donors (Lipinski definition) is 4. The SMILES string of the molecule is [CH2]C(c1ccc([N+](=O)[O-])cc1)n1ccnc1[C@@H]1O[C@H](C(N)O)[C@@H](O)[C@H]1O. The molecule has 2 unspecified atom stereocenters. The summed E-state index contributed by atoms with van der Waals surface area (Å²) in [5.74, 6) is 0.290. The molecule has 10 nitrogen and oxygen atoms in total. The molecule has 0 spiro atoms. The number of hydrogen-bond acceptors (Lipinski definition) is 8. The van der Waals surface area contributed by atoms with E-state index in [1.54, 1.807) is 22.9 Å². The highest BCUT2D eigenvalue weighted by Gasteiger charge is 2.47. The molecule has 1 aliphatic heterocycles. The Morgan fingerprint density at radius 3 is 2.50 bits per heavy atom. The molecule has 0 amide bonds. The minimum atomic E-state index is -1.46. The lowest BCUT2D eigenvalue weighted by atomic mass is 10.0. The highest BCUT2D eigenvalue weighted by Crippen LogP contribution is 2.35. The molecule has 2 heterocycles. The van der Waals surface area contributed by atoms with Crippen LogP contribution in [-0.4, -0.2) is 54.3 Å². The van der Waals surface area contributed by atoms with Gasteiger partial charge in [-0.3, -0.25) is 10.1 Å². The zero-order chi connectivity index (χ0) is 19.0. The standard InChI is InChI=1S/C16H19N4O6/c1-8(9-2-4-10(5-3-9)20(24)25)19-7-6-18-16(19)14-12(22)11(21)13(26-14)15(17)23/h2-8,11-15,21-23H,1,17H2/t8?,11-,12+,13-,14+,15?/m0/s1. The molecule has 139 valence electrons. The predicted octanol–water partition coefficient (Wildman–Crippen LogP) is -0.346. The van der Waals surface area contributed by atoms with Gasteiger partial charge in [-0.15, -0.1) is 0 Å². The molecule has 1 radical (unpaired) electrons. The highest BCUT2D eigenvalue weighted by atomic mass is 16.6. The number of nitrogens with two attached hydrogens (primary N) is 1. The second kappa shape index (κ2) is 7.09. The molecule has 1 fully saturated rings. The highest BCUT2D eigenvalue weighted by molar-refractivity contribution is 5.35. The molecule has 0 bridgehead atoms. The van der Waals surface area contributed by atoms with Crippen molar-refractivity contribution in [2.75, 3.05) is 0 Å². The van der Waals surface area contributed by atoms with Crippen LogP contribution in [0.15, 0.2) is 36.7 Å². The van der Waals surface area contributed by atoms with Crippen molar-refractivity contribution in [3.8, 4) is 0 Å². The first-order chi connectivity index (χ1) is 12.3. The van der Waals surface area contributed by atoms with E-state index >= 15 is 0 Å². The smallest absolute Gasteiger partial charge is 0.269 e. The lowest BCUT2D eigenvalue weighted by Crippen LogP contribution is -2.43. The third-order valence-corrected chi connectivity index (χ3v) is 4.41. The summed E-state index contributed by atoms with van der Waals surface area (Å²) in [5.41, 5.74) is 6.00. The molecule has 2 aromatic rings. The Labute approximate surface area is 148 Å². The zero-order valence-corrected chi connectivity index (χ0v) is 13.6. The van der Waals surface area contributed by atoms with Crippen molar-refractivity contribution < 1.29 is 25.0 Å². The van der Waals surface area contributed by atoms with E-state index in [-0.39, 0.29) is 11.5 Å². The third kappa shape index (κ3) is 3.20. The summed E-state index contributed by atoms with van der Waals surface area (Å²) in [6.07, 6.45) is -3.22. The van der Waals surface area contributed by atoms with Crippen molar-refractivity contribution in [1.82, 2.24) is 9.55 Å². The van der Waals surface area contributed by atoms with Crippen LogP contribution in [0.1, 0.15) is 23.5 Å². The van der Waals surface area contributed by atoms with Crippen LogP contribution in [0.3, 0.4) is 0 Å². The summed E-state index contributed by atoms with van der Waals surface area (Å²) in [6.45, 7) is 4.03. The number of nitro benzene ring substituents is 1. The first-order valence-corrected chi connectivity index (χ1v) is 7.86. The van der Waals surface area contributed by atoms with E-state index in [2.05, 4.69) is 11.9 Å². The lowest BCUT2D eigenvalue weighted by Gasteiger charge is -2.21. The number of benzene rings is 1. The Bertz CT molecular complexity index is 777. The summed E-state index contributed by atoms with van der Waals surface area (Å²) in [4.78, 5) is 14.4. The minimum Gasteiger partial charge on any atom is -0.387 e. The van der Waals surface area contributed by atoms with Gasteiger partial charge in [0.15, 0.2) is 0 Å². The van der Waals surface area contributed by atoms with Gasteiger partial charge < -0.3 is 30.4 Å². The number of aliphatic hydroxyl groups is 3. The van der Waals surface area contributed by atoms with Crippen LogP contribution in [-0.2, 0) is 4.74 Å². The van der Waals surface area contributed by atoms with Crippen LogP contribution in [0, 0.1) is 17.0 Å². The fourth-order valence-corrected chi connectivity index (χ4v) is 2.99. The fourth-order valence-electron chi connectivity index (χ4n) is 2.99. The monoisotopic (exact) mass is 363 g/mol. The number of non-ortho nitro benzene ring substituents is 1. The minimum absolute atomic E-state index is 0.0377. The van der Waals surface area contributed by atoms with E-state index in [1.807, 2.05) is 0 Å². The van der Waals surface area contributed by atoms with Gasteiger partial charge in [0.1, 0.15) is 36.5 Å². The van der Waals surface area contributed by atoms with Crippen molar-refractivity contribution in [3.05, 3.63) is 65.1 Å². The van der Waals surface area contributed by atoms with E-state index in [4.69, 9.17) is 10.5 Å². The summed E-state index contributed by atoms with van der Waals surface area (Å²) < 4.78 is 7.11. The second-order valence-electron chi connectivity index (χ2n) is 6.05. The molecule has 1 aromatic heterocycles. The molecule has 0 saturated carbocycles. The number of ether oxygens (including phenoxy) is 1. The van der Waals surface area contributed by atoms with Crippen molar-refractivity contribution in [3.63, 3.8) is 0 Å². The quantitative estimate of drug-likeness (QED) is 0.319. The number of aliphatic hydroxyl groups excluding tert-OH is 3. The van der Waals surface area contributed by atoms with Crippen molar-refractivity contribution in [1.29, 1.82) is 0 Å². The van der Waals surface area contributed by atoms with Crippen LogP contribution in [0.5, 0.6) is 0 Å². The second-order valence-corrected chi connectivity index (χ2v) is 6.05. The van der Waals surface area contributed by atoms with E-state index < -0.39 is 41.6 Å². The third-order valence-electron chi connectivity index (χ3n) is 4.41. The van der Waals surface area contributed by atoms with Gasteiger partial charge in [0.2, 0.25) is 0 Å². The molecule has 5 N–H and O–H groups in total. The van der Waals surface area contributed by atoms with Crippen molar-refractivity contribution in [2.24, 2.45) is 5.73 Å². The summed E-state index contributed by atoms with van der Waals surface area (Å²) >= 11 is 0. The molecule has 1 aromatic carbocycles. The van der Waals surface area contributed by atoms with Gasteiger partial charge in [0, 0.05) is 24.5 Å². The van der Waals surface area contributed by atoms with E-state index in [0.29, 0.717) is 5.56 Å². The summed E-state index contributed by atoms with van der Waals surface area (Å²) in [6, 6.07) is 5.38. The normalized spacial score (nSPS) is 28.0. The van der Waals surface area contributed by atoms with Crippen molar-refractivity contribution >= 4 is 5.69 Å². The van der Waals surface area contributed by atoms with E-state index in [0.717, 1.165) is 0 Å². The van der Waals surface area contributed by atoms with Gasteiger partial charge in [0.25, 0.3) is 5.69 Å². The van der Waals surface area contributed by atoms with Gasteiger partial charge in [-0.25, -0.2) is 4.98 Å². The molecule has 0 aliphatic carbocycles. The Morgan fingerprint density at radius 2 is 1.96 bits per heavy atom. The first kappa shape index (κ1) is 18.4. The van der Waals surface area contributed by atoms with E-state index in [1.165, 1.54) is 18.3 Å². The predicted molar refractivity (Wildman–Crippen MR) is 88.6 cm³/mol. The van der Waals surface area contributed by atoms with Gasteiger partial charge >= 0.3 is 0 Å². The Balaban J connectivity index is 1.87. The number of nitro groups is 1. The average Bonchev–Trinajstić information content (AvgIpc) is 3.20. The molecular weight excluding hydrogens is 344 g/mol. The van der Waals surface area contributed by atoms with Crippen LogP contribution in [0.2, 0.25) is 0 Å². The topological polar surface area (TPSA) is 157 Å². The fraction of sp³-hybridized carbons (Fsp3) is 0.375. The average molecular weight is 363 g/mol. The lowest BCUT2D eigenvalue weighted by molar-refractivity contribution is -0.384. The van der Waals surface area contributed by atoms with Crippen molar-refractivity contribution in [2.45, 2.75) is 36.7 Å². The maximum Gasteiger partial charge on any atom is 0.269 e. The van der Waals surface area contributed by atoms with Gasteiger partial charge in [-0.2, -0.15) is 0 Å². The van der Waals surface area contributed by atoms with Crippen LogP contribution in [0.4, 0.5) is 5.69 Å². The molecule has 6 atom stereocenters. The molecule has 1 saturated heterocycles. The maximum absolute atomic E-state index is 10.8. The molecule has 10 heteroatoms. The zero-order valence-electron chi connectivity index (χ0n) is 13.6. The summed E-state index contributed by atoms with van der Waals surface area (Å²) in [7, 11) is 0. The molecule has 26 heavy (non-hydrogen) atoms. The van der Waals surface area contributed by atoms with Gasteiger partial charge in [0.05, 0.1) is 11.0 Å². The number of aromatic nitrogens is 2. The van der Waals surface area contributed by atoms with E-state index in [9.17, 15) is 25.4 Å². The van der Waals surface area contributed by atoms with Gasteiger partial charge in [-0.1, -0.05) is 12.1 Å². The Kier molecular flexibility index (Phi) is 5.03. The Morgan fingerprint density at radius 1 is 1.31 bits per heavy atom. The number of imidazole rings is 1. The molecule has 3 rings (SSSR count). The number of nitrogens with zero attached hydrogens (tertiary/aromatic N) is 3. The van der Waals surface area contributed by atoms with Crippen LogP contribution < -0.4 is 5.73 Å². The number of rotatable bonds is 5. The van der Waals surface area contributed by atoms with Gasteiger partial charge in [-0.05, 0) is 12.5 Å². The molecule has 1 aliphatic rings.